The van der Waals surface area contributed by atoms with Gasteiger partial charge in [-0.25, -0.2) is 4.79 Å². The summed E-state index contributed by atoms with van der Waals surface area (Å²) < 4.78 is 0. The Labute approximate surface area is 128 Å². The van der Waals surface area contributed by atoms with Gasteiger partial charge in [0.2, 0.25) is 5.91 Å². The van der Waals surface area contributed by atoms with Gasteiger partial charge in [-0.2, -0.15) is 0 Å². The topological polar surface area (TPSA) is 86.6 Å². The minimum absolute atomic E-state index is 0.142. The normalized spacial score (nSPS) is 11.7. The number of phenols is 1. The predicted molar refractivity (Wildman–Crippen MR) is 83.2 cm³/mol. The largest absolute Gasteiger partial charge is 0.508 e. The van der Waals surface area contributed by atoms with Crippen LogP contribution < -0.4 is 5.32 Å². The monoisotopic (exact) mass is 299 g/mol. The lowest BCUT2D eigenvalue weighted by atomic mass is 9.95. The van der Waals surface area contributed by atoms with Crippen LogP contribution in [0.5, 0.6) is 5.75 Å². The van der Waals surface area contributed by atoms with Gasteiger partial charge in [0, 0.05) is 0 Å². The molecule has 0 aliphatic rings. The van der Waals surface area contributed by atoms with Crippen molar-refractivity contribution in [3.8, 4) is 5.75 Å². The van der Waals surface area contributed by atoms with Crippen LogP contribution in [0.25, 0.3) is 0 Å². The smallest absolute Gasteiger partial charge is 0.337 e. The summed E-state index contributed by atoms with van der Waals surface area (Å²) >= 11 is 0. The number of hydrogen-bond donors (Lipinski definition) is 3. The summed E-state index contributed by atoms with van der Waals surface area (Å²) in [6.45, 7) is 1.90. The summed E-state index contributed by atoms with van der Waals surface area (Å²) in [5, 5.41) is 21.2. The number of carboxylic acid groups (broad SMARTS) is 1. The molecule has 1 amide bonds. The van der Waals surface area contributed by atoms with Crippen LogP contribution in [-0.4, -0.2) is 22.1 Å². The molecular formula is C17H17NO4. The lowest BCUT2D eigenvalue weighted by molar-refractivity contribution is -0.117. The molecule has 1 atom stereocenters. The van der Waals surface area contributed by atoms with E-state index in [1.807, 2.05) is 37.3 Å². The van der Waals surface area contributed by atoms with Crippen molar-refractivity contribution in [2.24, 2.45) is 0 Å². The van der Waals surface area contributed by atoms with Gasteiger partial charge in [0.25, 0.3) is 0 Å². The van der Waals surface area contributed by atoms with Crippen molar-refractivity contribution in [2.75, 3.05) is 5.32 Å². The van der Waals surface area contributed by atoms with E-state index < -0.39 is 5.97 Å². The van der Waals surface area contributed by atoms with Gasteiger partial charge in [0.05, 0.1) is 17.2 Å². The summed E-state index contributed by atoms with van der Waals surface area (Å²) in [6, 6.07) is 13.1. The van der Waals surface area contributed by atoms with E-state index in [0.29, 0.717) is 6.42 Å². The molecule has 114 valence electrons. The Morgan fingerprint density at radius 1 is 1.14 bits per heavy atom. The molecule has 0 unspecified atom stereocenters. The van der Waals surface area contributed by atoms with Crippen molar-refractivity contribution < 1.29 is 19.8 Å². The van der Waals surface area contributed by atoms with E-state index in [1.165, 1.54) is 12.1 Å². The molecule has 0 radical (unpaired) electrons. The average molecular weight is 299 g/mol. The highest BCUT2D eigenvalue weighted by molar-refractivity contribution is 6.02. The zero-order valence-corrected chi connectivity index (χ0v) is 12.1. The Kier molecular flexibility index (Phi) is 4.78. The third kappa shape index (κ3) is 3.44. The first-order valence-corrected chi connectivity index (χ1v) is 6.95. The molecular weight excluding hydrogens is 282 g/mol. The fourth-order valence-electron chi connectivity index (χ4n) is 2.30. The molecule has 0 aliphatic heterocycles. The van der Waals surface area contributed by atoms with Gasteiger partial charge in [-0.15, -0.1) is 0 Å². The lowest BCUT2D eigenvalue weighted by Crippen LogP contribution is -2.22. The van der Waals surface area contributed by atoms with E-state index in [1.54, 1.807) is 0 Å². The first-order chi connectivity index (χ1) is 10.5. The molecule has 5 heteroatoms. The zero-order chi connectivity index (χ0) is 16.1. The first-order valence-electron chi connectivity index (χ1n) is 6.95. The molecule has 0 saturated carbocycles. The molecule has 0 aliphatic carbocycles. The highest BCUT2D eigenvalue weighted by Gasteiger charge is 2.21. The maximum atomic E-state index is 12.4. The Bertz CT molecular complexity index is 682. The van der Waals surface area contributed by atoms with Crippen LogP contribution in [0.2, 0.25) is 0 Å². The third-order valence-electron chi connectivity index (χ3n) is 3.42. The van der Waals surface area contributed by atoms with Gasteiger partial charge in [-0.05, 0) is 30.2 Å². The second-order valence-corrected chi connectivity index (χ2v) is 4.90. The van der Waals surface area contributed by atoms with Gasteiger partial charge in [0.1, 0.15) is 5.75 Å². The van der Waals surface area contributed by atoms with E-state index in [4.69, 9.17) is 5.11 Å². The number of nitrogens with one attached hydrogen (secondary N) is 1. The molecule has 0 bridgehead atoms. The van der Waals surface area contributed by atoms with Crippen LogP contribution >= 0.6 is 0 Å². The number of rotatable bonds is 5. The second kappa shape index (κ2) is 6.76. The number of phenolic OH excluding ortho intramolecular Hbond substituents is 1. The molecule has 3 N–H and O–H groups in total. The van der Waals surface area contributed by atoms with Crippen molar-refractivity contribution in [1.29, 1.82) is 0 Å². The molecule has 5 nitrogen and oxygen atoms in total. The molecule has 2 aromatic rings. The summed E-state index contributed by atoms with van der Waals surface area (Å²) in [6.07, 6.45) is 0.594. The van der Waals surface area contributed by atoms with Crippen LogP contribution in [0.15, 0.2) is 48.5 Å². The lowest BCUT2D eigenvalue weighted by Gasteiger charge is -2.16. The van der Waals surface area contributed by atoms with Crippen LogP contribution in [0, 0.1) is 0 Å². The highest BCUT2D eigenvalue weighted by atomic mass is 16.4. The number of benzene rings is 2. The Morgan fingerprint density at radius 3 is 2.41 bits per heavy atom. The van der Waals surface area contributed by atoms with E-state index in [9.17, 15) is 14.7 Å². The standard InChI is InChI=1S/C17H17NO4/c1-2-13(11-6-4-3-5-7-11)16(20)18-15-9-8-12(19)10-14(15)17(21)22/h3-10,13,19H,2H2,1H3,(H,18,20)(H,21,22)/t13-/m0/s1. The van der Waals surface area contributed by atoms with Crippen molar-refractivity contribution in [3.63, 3.8) is 0 Å². The summed E-state index contributed by atoms with van der Waals surface area (Å²) in [5.74, 6) is -2.01. The molecule has 0 heterocycles. The van der Waals surface area contributed by atoms with Crippen molar-refractivity contribution in [1.82, 2.24) is 0 Å². The maximum Gasteiger partial charge on any atom is 0.337 e. The van der Waals surface area contributed by atoms with Crippen LogP contribution in [0.4, 0.5) is 5.69 Å². The average Bonchev–Trinajstić information content (AvgIpc) is 2.50. The first kappa shape index (κ1) is 15.6. The molecule has 0 spiro atoms. The number of hydrogen-bond acceptors (Lipinski definition) is 3. The van der Waals surface area contributed by atoms with Crippen molar-refractivity contribution >= 4 is 17.6 Å². The van der Waals surface area contributed by atoms with Crippen molar-refractivity contribution in [3.05, 3.63) is 59.7 Å². The van der Waals surface area contributed by atoms with Gasteiger partial charge >= 0.3 is 5.97 Å². The van der Waals surface area contributed by atoms with Gasteiger partial charge < -0.3 is 15.5 Å². The van der Waals surface area contributed by atoms with Gasteiger partial charge in [0.15, 0.2) is 0 Å². The predicted octanol–water partition coefficient (Wildman–Crippen LogP) is 3.22. The Balaban J connectivity index is 2.26. The van der Waals surface area contributed by atoms with E-state index >= 15 is 0 Å². The number of aromatic hydroxyl groups is 1. The van der Waals surface area contributed by atoms with Crippen molar-refractivity contribution in [2.45, 2.75) is 19.3 Å². The summed E-state index contributed by atoms with van der Waals surface area (Å²) in [7, 11) is 0. The number of carbonyl (C=O) groups excluding carboxylic acids is 1. The minimum atomic E-state index is -1.21. The molecule has 0 saturated heterocycles. The maximum absolute atomic E-state index is 12.4. The van der Waals surface area contributed by atoms with E-state index in [0.717, 1.165) is 11.6 Å². The number of anilines is 1. The number of aromatic carboxylic acids is 1. The number of carboxylic acids is 1. The van der Waals surface area contributed by atoms with Crippen LogP contribution in [0.3, 0.4) is 0 Å². The van der Waals surface area contributed by atoms with E-state index in [2.05, 4.69) is 5.32 Å². The Morgan fingerprint density at radius 2 is 1.82 bits per heavy atom. The number of amides is 1. The molecule has 0 aromatic heterocycles. The van der Waals surface area contributed by atoms with Crippen LogP contribution in [0.1, 0.15) is 35.2 Å². The van der Waals surface area contributed by atoms with Gasteiger partial charge in [-0.1, -0.05) is 37.3 Å². The second-order valence-electron chi connectivity index (χ2n) is 4.90. The fraction of sp³-hybridized carbons (Fsp3) is 0.176. The molecule has 22 heavy (non-hydrogen) atoms. The Hall–Kier alpha value is -2.82. The number of carbonyl (C=O) groups is 2. The molecule has 2 rings (SSSR count). The fourth-order valence-corrected chi connectivity index (χ4v) is 2.30. The minimum Gasteiger partial charge on any atom is -0.508 e. The van der Waals surface area contributed by atoms with Crippen LogP contribution in [-0.2, 0) is 4.79 Å². The molecule has 2 aromatic carbocycles. The third-order valence-corrected chi connectivity index (χ3v) is 3.42. The summed E-state index contributed by atoms with van der Waals surface area (Å²) in [5.41, 5.74) is 0.902. The quantitative estimate of drug-likeness (QED) is 0.740. The summed E-state index contributed by atoms with van der Waals surface area (Å²) in [4.78, 5) is 23.6. The zero-order valence-electron chi connectivity index (χ0n) is 12.1. The SMILES string of the molecule is CC[C@H](C(=O)Nc1ccc(O)cc1C(=O)O)c1ccccc1. The highest BCUT2D eigenvalue weighted by Crippen LogP contribution is 2.25. The van der Waals surface area contributed by atoms with Gasteiger partial charge in [-0.3, -0.25) is 4.79 Å². The van der Waals surface area contributed by atoms with E-state index in [-0.39, 0.29) is 28.8 Å². The molecule has 0 fully saturated rings.